The van der Waals surface area contributed by atoms with E-state index in [1.54, 1.807) is 37.7 Å². The Morgan fingerprint density at radius 3 is 1.59 bits per heavy atom. The molecule has 2 aliphatic rings. The maximum atomic E-state index is 5.70. The van der Waals surface area contributed by atoms with Crippen molar-refractivity contribution in [3.63, 3.8) is 0 Å². The maximum Gasteiger partial charge on any atom is 0.133 e. The number of nitrogens with one attached hydrogen (secondary N) is 2. The molecule has 2 heterocycles. The van der Waals surface area contributed by atoms with E-state index in [0.29, 0.717) is 0 Å². The zero-order chi connectivity index (χ0) is 25.6. The standard InChI is InChI=1S/C29H32N4O2S2/c1-19-12-20(17-36-26-6-4-22(15-24(26)34-2)28-30-8-9-31-28)14-21(13-19)18-37-27-7-5-23(16-25(27)35-3)29-32-10-11-33-29/h4-7,12-16H,8-11,17-18H2,1-3H3,(H,30,31)(H,32,33). The van der Waals surface area contributed by atoms with Crippen molar-refractivity contribution in [2.45, 2.75) is 28.2 Å². The van der Waals surface area contributed by atoms with Crippen molar-refractivity contribution >= 4 is 35.2 Å². The summed E-state index contributed by atoms with van der Waals surface area (Å²) < 4.78 is 11.4. The van der Waals surface area contributed by atoms with E-state index in [4.69, 9.17) is 9.47 Å². The molecule has 0 spiro atoms. The molecule has 0 radical (unpaired) electrons. The van der Waals surface area contributed by atoms with E-state index in [2.05, 4.69) is 82.1 Å². The SMILES string of the molecule is COc1cc(C2=NCCN2)ccc1SCc1cc(C)cc(CSc2ccc(C3=NCCN3)cc2OC)c1. The van der Waals surface area contributed by atoms with Crippen LogP contribution < -0.4 is 20.1 Å². The minimum atomic E-state index is 0.827. The average Bonchev–Trinajstić information content (AvgIpc) is 3.65. The molecule has 2 aliphatic heterocycles. The normalized spacial score (nSPS) is 14.6. The number of aryl methyl sites for hydroxylation is 1. The van der Waals surface area contributed by atoms with Gasteiger partial charge in [-0.15, -0.1) is 23.5 Å². The van der Waals surface area contributed by atoms with Crippen LogP contribution in [0.3, 0.4) is 0 Å². The fraction of sp³-hybridized carbons (Fsp3) is 0.310. The topological polar surface area (TPSA) is 67.2 Å². The third-order valence-corrected chi connectivity index (χ3v) is 8.46. The predicted octanol–water partition coefficient (Wildman–Crippen LogP) is 5.30. The average molecular weight is 533 g/mol. The molecular weight excluding hydrogens is 500 g/mol. The largest absolute Gasteiger partial charge is 0.496 e. The molecule has 0 fully saturated rings. The van der Waals surface area contributed by atoms with Crippen molar-refractivity contribution in [3.05, 3.63) is 82.4 Å². The number of benzene rings is 3. The number of methoxy groups -OCH3 is 2. The molecule has 2 N–H and O–H groups in total. The van der Waals surface area contributed by atoms with Crippen LogP contribution in [-0.4, -0.2) is 52.1 Å². The first kappa shape index (κ1) is 25.5. The highest BCUT2D eigenvalue weighted by Crippen LogP contribution is 2.35. The van der Waals surface area contributed by atoms with Gasteiger partial charge in [0.25, 0.3) is 0 Å². The molecule has 0 saturated heterocycles. The van der Waals surface area contributed by atoms with Gasteiger partial charge in [0.1, 0.15) is 23.2 Å². The fourth-order valence-electron chi connectivity index (χ4n) is 4.49. The number of hydrogen-bond donors (Lipinski definition) is 2. The number of amidine groups is 2. The van der Waals surface area contributed by atoms with E-state index in [-0.39, 0.29) is 0 Å². The van der Waals surface area contributed by atoms with Gasteiger partial charge in [0.15, 0.2) is 0 Å². The summed E-state index contributed by atoms with van der Waals surface area (Å²) >= 11 is 3.60. The van der Waals surface area contributed by atoms with Crippen LogP contribution in [0.25, 0.3) is 0 Å². The summed E-state index contributed by atoms with van der Waals surface area (Å²) in [6, 6.07) is 19.5. The first-order valence-corrected chi connectivity index (χ1v) is 14.4. The minimum absolute atomic E-state index is 0.827. The van der Waals surface area contributed by atoms with Crippen molar-refractivity contribution in [2.75, 3.05) is 40.4 Å². The van der Waals surface area contributed by atoms with Crippen molar-refractivity contribution in [1.29, 1.82) is 0 Å². The maximum absolute atomic E-state index is 5.70. The van der Waals surface area contributed by atoms with Crippen LogP contribution in [0.4, 0.5) is 0 Å². The van der Waals surface area contributed by atoms with Gasteiger partial charge < -0.3 is 20.1 Å². The van der Waals surface area contributed by atoms with Gasteiger partial charge in [-0.3, -0.25) is 9.98 Å². The molecule has 5 rings (SSSR count). The Morgan fingerprint density at radius 2 is 1.19 bits per heavy atom. The summed E-state index contributed by atoms with van der Waals surface area (Å²) in [6.07, 6.45) is 0. The molecule has 8 heteroatoms. The van der Waals surface area contributed by atoms with Crippen LogP contribution in [0.1, 0.15) is 27.8 Å². The first-order valence-electron chi connectivity index (χ1n) is 12.4. The van der Waals surface area contributed by atoms with Crippen LogP contribution in [0.5, 0.6) is 11.5 Å². The zero-order valence-corrected chi connectivity index (χ0v) is 23.1. The fourth-order valence-corrected chi connectivity index (χ4v) is 6.36. The second kappa shape index (κ2) is 12.0. The van der Waals surface area contributed by atoms with E-state index in [1.165, 1.54) is 16.7 Å². The van der Waals surface area contributed by atoms with Gasteiger partial charge in [-0.05, 0) is 54.4 Å². The van der Waals surface area contributed by atoms with E-state index < -0.39 is 0 Å². The summed E-state index contributed by atoms with van der Waals surface area (Å²) in [4.78, 5) is 11.3. The Balaban J connectivity index is 1.25. The van der Waals surface area contributed by atoms with Crippen LogP contribution in [0.2, 0.25) is 0 Å². The third kappa shape index (κ3) is 6.25. The predicted molar refractivity (Wildman–Crippen MR) is 155 cm³/mol. The van der Waals surface area contributed by atoms with Crippen LogP contribution in [0, 0.1) is 6.92 Å². The quantitative estimate of drug-likeness (QED) is 0.346. The Morgan fingerprint density at radius 1 is 0.703 bits per heavy atom. The molecular formula is C29H32N4O2S2. The lowest BCUT2D eigenvalue weighted by Crippen LogP contribution is -2.19. The summed E-state index contributed by atoms with van der Waals surface area (Å²) in [5.41, 5.74) is 6.03. The number of aliphatic imine (C=N–C) groups is 2. The molecule has 0 saturated carbocycles. The number of nitrogens with zero attached hydrogens (tertiary/aromatic N) is 2. The second-order valence-corrected chi connectivity index (χ2v) is 11.0. The summed E-state index contributed by atoms with van der Waals surface area (Å²) in [6.45, 7) is 5.61. The Hall–Kier alpha value is -3.10. The molecule has 0 aromatic heterocycles. The highest BCUT2D eigenvalue weighted by molar-refractivity contribution is 7.98. The molecule has 6 nitrogen and oxygen atoms in total. The van der Waals surface area contributed by atoms with E-state index in [1.807, 2.05) is 0 Å². The Labute approximate surface area is 227 Å². The molecule has 37 heavy (non-hydrogen) atoms. The minimum Gasteiger partial charge on any atom is -0.496 e. The zero-order valence-electron chi connectivity index (χ0n) is 21.5. The third-order valence-electron chi connectivity index (χ3n) is 6.21. The monoisotopic (exact) mass is 532 g/mol. The summed E-state index contributed by atoms with van der Waals surface area (Å²) in [7, 11) is 3.46. The van der Waals surface area contributed by atoms with Crippen molar-refractivity contribution in [3.8, 4) is 11.5 Å². The van der Waals surface area contributed by atoms with Crippen LogP contribution >= 0.6 is 23.5 Å². The van der Waals surface area contributed by atoms with Crippen LogP contribution in [0.15, 0.2) is 74.4 Å². The molecule has 0 unspecified atom stereocenters. The molecule has 0 aliphatic carbocycles. The lowest BCUT2D eigenvalue weighted by Gasteiger charge is -2.13. The number of rotatable bonds is 10. The van der Waals surface area contributed by atoms with Gasteiger partial charge in [-0.25, -0.2) is 0 Å². The highest BCUT2D eigenvalue weighted by Gasteiger charge is 2.14. The lowest BCUT2D eigenvalue weighted by atomic mass is 10.1. The van der Waals surface area contributed by atoms with Gasteiger partial charge in [0.05, 0.1) is 27.3 Å². The van der Waals surface area contributed by atoms with Crippen molar-refractivity contribution in [2.24, 2.45) is 9.98 Å². The summed E-state index contributed by atoms with van der Waals surface area (Å²) in [5, 5.41) is 6.66. The van der Waals surface area contributed by atoms with Gasteiger partial charge in [-0.1, -0.05) is 23.8 Å². The number of ether oxygens (including phenoxy) is 2. The lowest BCUT2D eigenvalue weighted by molar-refractivity contribution is 0.404. The molecule has 192 valence electrons. The number of hydrogen-bond acceptors (Lipinski definition) is 8. The molecule has 3 aromatic rings. The van der Waals surface area contributed by atoms with E-state index in [9.17, 15) is 0 Å². The Bertz CT molecular complexity index is 1240. The molecule has 0 atom stereocenters. The highest BCUT2D eigenvalue weighted by atomic mass is 32.2. The van der Waals surface area contributed by atoms with Crippen LogP contribution in [-0.2, 0) is 11.5 Å². The Kier molecular flexibility index (Phi) is 8.26. The first-order chi connectivity index (χ1) is 18.1. The van der Waals surface area contributed by atoms with Gasteiger partial charge in [0, 0.05) is 45.5 Å². The number of thioether (sulfide) groups is 2. The second-order valence-electron chi connectivity index (χ2n) is 8.95. The van der Waals surface area contributed by atoms with Gasteiger partial charge in [0.2, 0.25) is 0 Å². The van der Waals surface area contributed by atoms with Gasteiger partial charge in [-0.2, -0.15) is 0 Å². The molecule has 3 aromatic carbocycles. The van der Waals surface area contributed by atoms with Crippen molar-refractivity contribution < 1.29 is 9.47 Å². The molecule has 0 amide bonds. The van der Waals surface area contributed by atoms with E-state index >= 15 is 0 Å². The molecule has 0 bridgehead atoms. The van der Waals surface area contributed by atoms with Gasteiger partial charge >= 0.3 is 0 Å². The van der Waals surface area contributed by atoms with Crippen molar-refractivity contribution in [1.82, 2.24) is 10.6 Å². The summed E-state index contributed by atoms with van der Waals surface area (Å²) in [5.74, 6) is 5.42. The van der Waals surface area contributed by atoms with E-state index in [0.717, 1.165) is 81.8 Å². The smallest absolute Gasteiger partial charge is 0.133 e.